The van der Waals surface area contributed by atoms with Crippen LogP contribution in [0.4, 0.5) is 0 Å². The van der Waals surface area contributed by atoms with E-state index in [9.17, 15) is 0 Å². The summed E-state index contributed by atoms with van der Waals surface area (Å²) < 4.78 is 8.61. The maximum Gasteiger partial charge on any atom is 0.250 e. The smallest absolute Gasteiger partial charge is 0.250 e. The molecule has 27 heteroatoms. The molecule has 2 aromatic carbocycles. The molecule has 0 amide bonds. The van der Waals surface area contributed by atoms with Gasteiger partial charge in [0.2, 0.25) is 3.79 Å². The van der Waals surface area contributed by atoms with Gasteiger partial charge in [-0.1, -0.05) is 96.3 Å². The zero-order chi connectivity index (χ0) is 70.3. The lowest BCUT2D eigenvalue weighted by Gasteiger charge is -2.09. The number of furan rings is 1. The number of benzene rings is 2. The summed E-state index contributed by atoms with van der Waals surface area (Å²) in [5.41, 5.74) is 3.32. The normalized spacial score (nSPS) is 10.8. The van der Waals surface area contributed by atoms with Gasteiger partial charge < -0.3 is 9.15 Å². The number of nitrogens with zero attached hydrogens (tertiary/aromatic N) is 21. The highest BCUT2D eigenvalue weighted by molar-refractivity contribution is 7.10. The fourth-order valence-electron chi connectivity index (χ4n) is 8.15. The van der Waals surface area contributed by atoms with E-state index in [1.54, 1.807) is 43.8 Å². The van der Waals surface area contributed by atoms with Crippen LogP contribution in [0.5, 0.6) is 5.75 Å². The molecule has 0 spiro atoms. The van der Waals surface area contributed by atoms with Crippen molar-refractivity contribution in [2.45, 2.75) is 128 Å². The van der Waals surface area contributed by atoms with Crippen LogP contribution >= 0.6 is 46.1 Å². The molecule has 0 fully saturated rings. The van der Waals surface area contributed by atoms with E-state index in [0.717, 1.165) is 122 Å². The molecule has 0 aliphatic heterocycles. The first kappa shape index (κ1) is 76.8. The van der Waals surface area contributed by atoms with Crippen molar-refractivity contribution in [3.05, 3.63) is 234 Å². The summed E-state index contributed by atoms with van der Waals surface area (Å²) in [7, 11) is 1.65. The van der Waals surface area contributed by atoms with Crippen molar-refractivity contribution >= 4 is 94.7 Å². The number of aryl methyl sites for hydroxylation is 17. The number of hydrogen-bond acceptors (Lipinski definition) is 24. The summed E-state index contributed by atoms with van der Waals surface area (Å²) in [5, 5.41) is 2.05. The quantitative estimate of drug-likeness (QED) is 0.115. The first-order valence-corrected chi connectivity index (χ1v) is 32.0. The van der Waals surface area contributed by atoms with Crippen LogP contribution in [-0.2, 0) is 10.2 Å². The Morgan fingerprint density at radius 3 is 1.12 bits per heavy atom. The lowest BCUT2D eigenvalue weighted by atomic mass is 10.1. The Hall–Kier alpha value is -9.88. The third-order valence-electron chi connectivity index (χ3n) is 11.8. The van der Waals surface area contributed by atoms with Crippen molar-refractivity contribution in [1.29, 1.82) is 0 Å². The minimum Gasteiger partial charge on any atom is -0.497 e. The molecule has 0 N–H and O–H groups in total. The molecule has 0 bridgehead atoms. The van der Waals surface area contributed by atoms with Crippen molar-refractivity contribution in [3.63, 3.8) is 0 Å². The van der Waals surface area contributed by atoms with Gasteiger partial charge in [-0.15, -0.1) is 11.3 Å². The number of rotatable bonds is 10. The van der Waals surface area contributed by atoms with Crippen LogP contribution in [0.2, 0.25) is 0 Å². The Morgan fingerprint density at radius 1 is 0.375 bits per heavy atom. The van der Waals surface area contributed by atoms with Crippen LogP contribution in [0.1, 0.15) is 157 Å². The molecular weight excluding hydrogens is 1290 g/mol. The molecule has 498 valence electrons. The number of alkyl halides is 3. The molecule has 11 aromatic rings. The standard InChI is InChI=1S/C14H12Cl3N3.C14H15N3O.C11H11N3O.C11H11N3S.C7H11N3.2C6H9N3/c1-9-5-3-4-6-11(9)7-8-12-18-10(2)19-13(20-12)14(15,16)17;1-10-15-11(2)17-14(16-10)9-6-12-4-7-13(18-3)8-5-12;2*1-8-12-9(2)14-11(13-8)6-5-10-4-3-7-15-10;1-4-7-9-5(2)8-6(3)10-7;2*1-4-7-5(2)9-6(3)8-4/h3-8H,1-2H3;4-9H,1-3H3;2*3-7H,1-2H3;4H2,1-3H3;2*1-3H3/b8-7+;9-6+;2*6-5+;;;. The van der Waals surface area contributed by atoms with Gasteiger partial charge in [-0.2, -0.15) is 0 Å². The zero-order valence-corrected chi connectivity index (χ0v) is 60.2. The summed E-state index contributed by atoms with van der Waals surface area (Å²) in [4.78, 5) is 87.7. The highest BCUT2D eigenvalue weighted by atomic mass is 35.6. The topological polar surface area (TPSA) is 293 Å². The van der Waals surface area contributed by atoms with E-state index in [1.807, 2.05) is 219 Å². The van der Waals surface area contributed by atoms with E-state index in [4.69, 9.17) is 44.0 Å². The fraction of sp³-hybridized carbons (Fsp3) is 0.290. The summed E-state index contributed by atoms with van der Waals surface area (Å²) in [6.07, 6.45) is 17.6. The SMILES string of the molecule is CCc1nc(C)nc(C)n1.COc1ccc(/C=C/c2nc(C)nc(C)n2)cc1.Cc1nc(/C=C/c2ccccc2C)nc(C(Cl)(Cl)Cl)n1.Cc1nc(C)nc(/C=C/c2ccco2)n1.Cc1nc(C)nc(/C=C/c2cccs2)n1.Cc1nc(C)nc(C)n1.Cc1nc(C)nc(C)n1. The molecule has 0 saturated heterocycles. The number of aromatic nitrogens is 21. The Balaban J connectivity index is 0.000000206. The maximum atomic E-state index is 5.80. The van der Waals surface area contributed by atoms with E-state index in [1.165, 1.54) is 4.88 Å². The molecule has 9 heterocycles. The average Bonchev–Trinajstić information content (AvgIpc) is 2.65. The number of ether oxygens (including phenoxy) is 1. The van der Waals surface area contributed by atoms with Crippen LogP contribution in [0.15, 0.2) is 88.9 Å². The van der Waals surface area contributed by atoms with Gasteiger partial charge >= 0.3 is 0 Å². The van der Waals surface area contributed by atoms with E-state index >= 15 is 0 Å². The van der Waals surface area contributed by atoms with Crippen LogP contribution in [0, 0.1) is 111 Å². The number of hydrogen-bond donors (Lipinski definition) is 0. The van der Waals surface area contributed by atoms with E-state index in [-0.39, 0.29) is 5.82 Å². The van der Waals surface area contributed by atoms with Crippen molar-refractivity contribution in [2.75, 3.05) is 7.11 Å². The molecule has 23 nitrogen and oxygen atoms in total. The van der Waals surface area contributed by atoms with Gasteiger partial charge in [0.05, 0.1) is 13.4 Å². The average molecular weight is 1370 g/mol. The minimum atomic E-state index is -1.65. The number of halogens is 3. The molecule has 11 rings (SSSR count). The Kier molecular flexibility index (Phi) is 31.3. The van der Waals surface area contributed by atoms with Crippen molar-refractivity contribution in [2.24, 2.45) is 0 Å². The third-order valence-corrected chi connectivity index (χ3v) is 13.2. The van der Waals surface area contributed by atoms with Gasteiger partial charge in [0.1, 0.15) is 105 Å². The van der Waals surface area contributed by atoms with Gasteiger partial charge in [0, 0.05) is 11.3 Å². The third kappa shape index (κ3) is 30.0. The van der Waals surface area contributed by atoms with Gasteiger partial charge in [-0.05, 0) is 200 Å². The van der Waals surface area contributed by atoms with Gasteiger partial charge in [-0.25, -0.2) is 105 Å². The Labute approximate surface area is 580 Å². The van der Waals surface area contributed by atoms with E-state index in [0.29, 0.717) is 29.1 Å². The number of methoxy groups -OCH3 is 1. The largest absolute Gasteiger partial charge is 0.497 e. The van der Waals surface area contributed by atoms with Crippen LogP contribution in [0.25, 0.3) is 48.6 Å². The first-order valence-electron chi connectivity index (χ1n) is 30.0. The lowest BCUT2D eigenvalue weighted by molar-refractivity contribution is 0.415. The van der Waals surface area contributed by atoms with Gasteiger partial charge in [0.25, 0.3) is 0 Å². The second kappa shape index (κ2) is 39.1. The molecule has 0 atom stereocenters. The molecule has 0 unspecified atom stereocenters. The zero-order valence-electron chi connectivity index (χ0n) is 57.2. The monoisotopic (exact) mass is 1370 g/mol. The molecule has 9 aromatic heterocycles. The van der Waals surface area contributed by atoms with E-state index in [2.05, 4.69) is 111 Å². The summed E-state index contributed by atoms with van der Waals surface area (Å²) in [6.45, 7) is 31.9. The van der Waals surface area contributed by atoms with Crippen molar-refractivity contribution in [3.8, 4) is 5.75 Å². The first-order chi connectivity index (χ1) is 45.6. The Bertz CT molecular complexity index is 4030. The number of thiophene rings is 1. The predicted octanol–water partition coefficient (Wildman–Crippen LogP) is 14.8. The Morgan fingerprint density at radius 2 is 0.750 bits per heavy atom. The predicted molar refractivity (Wildman–Crippen MR) is 381 cm³/mol. The summed E-state index contributed by atoms with van der Waals surface area (Å²) >= 11 is 19.1. The van der Waals surface area contributed by atoms with Gasteiger partial charge in [0.15, 0.2) is 29.1 Å². The molecule has 0 radical (unpaired) electrons. The summed E-state index contributed by atoms with van der Waals surface area (Å²) in [5.74, 6) is 16.4. The van der Waals surface area contributed by atoms with Crippen LogP contribution in [0.3, 0.4) is 0 Å². The fourth-order valence-corrected chi connectivity index (χ4v) is 9.03. The molecule has 0 aliphatic rings. The maximum absolute atomic E-state index is 5.80. The molecule has 96 heavy (non-hydrogen) atoms. The summed E-state index contributed by atoms with van der Waals surface area (Å²) in [6, 6.07) is 23.6. The van der Waals surface area contributed by atoms with E-state index < -0.39 is 3.79 Å². The second-order valence-corrected chi connectivity index (χ2v) is 23.8. The minimum absolute atomic E-state index is 0.124. The highest BCUT2D eigenvalue weighted by Gasteiger charge is 2.27. The highest BCUT2D eigenvalue weighted by Crippen LogP contribution is 2.35. The van der Waals surface area contributed by atoms with Crippen molar-refractivity contribution in [1.82, 2.24) is 105 Å². The second-order valence-electron chi connectivity index (χ2n) is 20.6. The molecular formula is C69H78Cl3N21O2S. The molecule has 0 aliphatic carbocycles. The van der Waals surface area contributed by atoms with Crippen molar-refractivity contribution < 1.29 is 9.15 Å². The van der Waals surface area contributed by atoms with Gasteiger partial charge in [-0.3, -0.25) is 0 Å². The van der Waals surface area contributed by atoms with Crippen LogP contribution in [-0.4, -0.2) is 112 Å². The lowest BCUT2D eigenvalue weighted by Crippen LogP contribution is -2.11. The van der Waals surface area contributed by atoms with Crippen LogP contribution < -0.4 is 4.74 Å². The molecule has 0 saturated carbocycles.